The average molecular weight is 240 g/mol. The summed E-state index contributed by atoms with van der Waals surface area (Å²) in [7, 11) is 0. The number of carbonyl (C=O) groups excluding carboxylic acids is 1. The molecule has 1 atom stereocenters. The predicted molar refractivity (Wildman–Crippen MR) is 70.8 cm³/mol. The summed E-state index contributed by atoms with van der Waals surface area (Å²) in [5, 5.41) is 3.17. The van der Waals surface area contributed by atoms with Crippen molar-refractivity contribution < 1.29 is 4.79 Å². The summed E-state index contributed by atoms with van der Waals surface area (Å²) in [6.07, 6.45) is 1.80. The van der Waals surface area contributed by atoms with Crippen LogP contribution in [0, 0.1) is 0 Å². The van der Waals surface area contributed by atoms with Crippen LogP contribution in [0.15, 0.2) is 48.8 Å². The summed E-state index contributed by atoms with van der Waals surface area (Å²) < 4.78 is 0. The monoisotopic (exact) mass is 240 g/mol. The third-order valence-corrected chi connectivity index (χ3v) is 3.68. The molecule has 3 nitrogen and oxygen atoms in total. The van der Waals surface area contributed by atoms with Gasteiger partial charge in [-0.1, -0.05) is 31.4 Å². The number of piperidine rings is 1. The second kappa shape index (κ2) is 4.02. The van der Waals surface area contributed by atoms with Crippen LogP contribution in [0.3, 0.4) is 0 Å². The van der Waals surface area contributed by atoms with Crippen LogP contribution < -0.4 is 5.32 Å². The van der Waals surface area contributed by atoms with Gasteiger partial charge in [-0.2, -0.15) is 0 Å². The Labute approximate surface area is 107 Å². The third kappa shape index (κ3) is 1.63. The summed E-state index contributed by atoms with van der Waals surface area (Å²) in [6, 6.07) is 7.89. The summed E-state index contributed by atoms with van der Waals surface area (Å²) in [6.45, 7) is 8.62. The van der Waals surface area contributed by atoms with Crippen molar-refractivity contribution in [1.29, 1.82) is 0 Å². The van der Waals surface area contributed by atoms with Gasteiger partial charge in [0.2, 0.25) is 0 Å². The fourth-order valence-corrected chi connectivity index (χ4v) is 2.73. The number of hydrogen-bond acceptors (Lipinski definition) is 2. The number of allylic oxidation sites excluding steroid dienone is 1. The van der Waals surface area contributed by atoms with Crippen molar-refractivity contribution in [2.45, 2.75) is 25.4 Å². The van der Waals surface area contributed by atoms with Crippen LogP contribution in [0.2, 0.25) is 0 Å². The van der Waals surface area contributed by atoms with Crippen LogP contribution in [-0.4, -0.2) is 16.8 Å². The SMILES string of the molecule is C=C1CCC(N2Cc3ccccc3C2=O)C(=C)N1. The van der Waals surface area contributed by atoms with Crippen molar-refractivity contribution in [3.63, 3.8) is 0 Å². The lowest BCUT2D eigenvalue weighted by atomic mass is 10.0. The molecular weight excluding hydrogens is 224 g/mol. The van der Waals surface area contributed by atoms with Crippen LogP contribution in [0.5, 0.6) is 0 Å². The first-order valence-electron chi connectivity index (χ1n) is 6.19. The van der Waals surface area contributed by atoms with Gasteiger partial charge in [-0.25, -0.2) is 0 Å². The summed E-state index contributed by atoms with van der Waals surface area (Å²) in [5.74, 6) is 0.117. The van der Waals surface area contributed by atoms with E-state index in [2.05, 4.69) is 18.5 Å². The number of carbonyl (C=O) groups is 1. The first kappa shape index (κ1) is 11.1. The van der Waals surface area contributed by atoms with E-state index in [-0.39, 0.29) is 11.9 Å². The lowest BCUT2D eigenvalue weighted by Crippen LogP contribution is -2.43. The molecule has 3 rings (SSSR count). The van der Waals surface area contributed by atoms with E-state index in [1.165, 1.54) is 0 Å². The van der Waals surface area contributed by atoms with Gasteiger partial charge in [-0.05, 0) is 24.5 Å². The van der Waals surface area contributed by atoms with Gasteiger partial charge in [-0.3, -0.25) is 4.79 Å². The molecule has 0 radical (unpaired) electrons. The highest BCUT2D eigenvalue weighted by atomic mass is 16.2. The molecule has 0 saturated carbocycles. The second-order valence-electron chi connectivity index (χ2n) is 4.90. The van der Waals surface area contributed by atoms with E-state index in [1.807, 2.05) is 29.2 Å². The fourth-order valence-electron chi connectivity index (χ4n) is 2.73. The van der Waals surface area contributed by atoms with Crippen molar-refractivity contribution in [2.75, 3.05) is 0 Å². The number of benzene rings is 1. The minimum atomic E-state index is 0.0791. The molecule has 0 spiro atoms. The Morgan fingerprint density at radius 2 is 2.06 bits per heavy atom. The zero-order chi connectivity index (χ0) is 12.7. The highest BCUT2D eigenvalue weighted by Crippen LogP contribution is 2.30. The zero-order valence-electron chi connectivity index (χ0n) is 10.3. The molecule has 1 unspecified atom stereocenters. The standard InChI is InChI=1S/C15H16N2O/c1-10-7-8-14(11(2)16-10)17-9-12-5-3-4-6-13(12)15(17)18/h3-6,14,16H,1-2,7-9H2. The predicted octanol–water partition coefficient (Wildman–Crippen LogP) is 2.42. The normalized spacial score (nSPS) is 23.0. The molecular formula is C15H16N2O. The molecule has 2 aliphatic rings. The van der Waals surface area contributed by atoms with E-state index in [4.69, 9.17) is 0 Å². The smallest absolute Gasteiger partial charge is 0.255 e. The molecule has 2 heterocycles. The molecule has 0 aliphatic carbocycles. The zero-order valence-corrected chi connectivity index (χ0v) is 10.3. The van der Waals surface area contributed by atoms with E-state index in [0.717, 1.165) is 35.4 Å². The maximum absolute atomic E-state index is 12.4. The molecule has 1 amide bonds. The van der Waals surface area contributed by atoms with E-state index < -0.39 is 0 Å². The van der Waals surface area contributed by atoms with E-state index in [0.29, 0.717) is 6.54 Å². The van der Waals surface area contributed by atoms with Gasteiger partial charge in [0.05, 0.1) is 6.04 Å². The Bertz CT molecular complexity index is 547. The van der Waals surface area contributed by atoms with Crippen molar-refractivity contribution in [2.24, 2.45) is 0 Å². The topological polar surface area (TPSA) is 32.3 Å². The Morgan fingerprint density at radius 3 is 2.78 bits per heavy atom. The van der Waals surface area contributed by atoms with E-state index in [1.54, 1.807) is 0 Å². The molecule has 0 bridgehead atoms. The molecule has 3 heteroatoms. The Morgan fingerprint density at radius 1 is 1.28 bits per heavy atom. The van der Waals surface area contributed by atoms with Crippen molar-refractivity contribution in [3.8, 4) is 0 Å². The first-order valence-corrected chi connectivity index (χ1v) is 6.19. The van der Waals surface area contributed by atoms with Crippen LogP contribution in [-0.2, 0) is 6.54 Å². The van der Waals surface area contributed by atoms with Crippen molar-refractivity contribution in [3.05, 3.63) is 59.9 Å². The van der Waals surface area contributed by atoms with Crippen LogP contribution >= 0.6 is 0 Å². The summed E-state index contributed by atoms with van der Waals surface area (Å²) in [4.78, 5) is 14.3. The number of nitrogens with one attached hydrogen (secondary N) is 1. The summed E-state index contributed by atoms with van der Waals surface area (Å²) >= 11 is 0. The molecule has 92 valence electrons. The lowest BCUT2D eigenvalue weighted by Gasteiger charge is -2.34. The first-order chi connectivity index (χ1) is 8.66. The van der Waals surface area contributed by atoms with E-state index >= 15 is 0 Å². The Kier molecular flexibility index (Phi) is 2.47. The number of nitrogens with zero attached hydrogens (tertiary/aromatic N) is 1. The van der Waals surface area contributed by atoms with Crippen molar-refractivity contribution in [1.82, 2.24) is 10.2 Å². The molecule has 1 fully saturated rings. The highest BCUT2D eigenvalue weighted by molar-refractivity contribution is 5.98. The minimum Gasteiger partial charge on any atom is -0.362 e. The maximum Gasteiger partial charge on any atom is 0.255 e. The van der Waals surface area contributed by atoms with E-state index in [9.17, 15) is 4.79 Å². The van der Waals surface area contributed by atoms with Gasteiger partial charge >= 0.3 is 0 Å². The fraction of sp³-hybridized carbons (Fsp3) is 0.267. The molecule has 18 heavy (non-hydrogen) atoms. The molecule has 0 aromatic heterocycles. The quantitative estimate of drug-likeness (QED) is 0.817. The molecule has 1 saturated heterocycles. The van der Waals surface area contributed by atoms with Crippen LogP contribution in [0.25, 0.3) is 0 Å². The minimum absolute atomic E-state index is 0.0791. The molecule has 1 N–H and O–H groups in total. The number of hydrogen-bond donors (Lipinski definition) is 1. The average Bonchev–Trinajstić information content (AvgIpc) is 2.68. The van der Waals surface area contributed by atoms with Gasteiger partial charge < -0.3 is 10.2 Å². The van der Waals surface area contributed by atoms with Gasteiger partial charge in [0.25, 0.3) is 5.91 Å². The maximum atomic E-state index is 12.4. The van der Waals surface area contributed by atoms with Gasteiger partial charge in [0.15, 0.2) is 0 Å². The van der Waals surface area contributed by atoms with Crippen molar-refractivity contribution >= 4 is 5.91 Å². The van der Waals surface area contributed by atoms with Gasteiger partial charge in [0.1, 0.15) is 0 Å². The lowest BCUT2D eigenvalue weighted by molar-refractivity contribution is 0.0711. The summed E-state index contributed by atoms with van der Waals surface area (Å²) in [5.41, 5.74) is 3.81. The third-order valence-electron chi connectivity index (χ3n) is 3.68. The largest absolute Gasteiger partial charge is 0.362 e. The molecule has 1 aromatic carbocycles. The second-order valence-corrected chi connectivity index (χ2v) is 4.90. The van der Waals surface area contributed by atoms with Crippen LogP contribution in [0.4, 0.5) is 0 Å². The highest BCUT2D eigenvalue weighted by Gasteiger charge is 2.34. The Balaban J connectivity index is 1.86. The Hall–Kier alpha value is -2.03. The number of rotatable bonds is 1. The number of amides is 1. The van der Waals surface area contributed by atoms with Gasteiger partial charge in [0, 0.05) is 23.5 Å². The number of fused-ring (bicyclic) bond motifs is 1. The molecule has 2 aliphatic heterocycles. The van der Waals surface area contributed by atoms with Gasteiger partial charge in [-0.15, -0.1) is 0 Å². The van der Waals surface area contributed by atoms with Crippen LogP contribution in [0.1, 0.15) is 28.8 Å². The molecule has 1 aromatic rings.